The summed E-state index contributed by atoms with van der Waals surface area (Å²) in [6.45, 7) is 2.53. The number of amides is 2. The molecule has 1 aromatic carbocycles. The molecule has 0 bridgehead atoms. The fraction of sp³-hybridized carbons (Fsp3) is 0.316. The van der Waals surface area contributed by atoms with Crippen molar-refractivity contribution in [2.45, 2.75) is 31.9 Å². The van der Waals surface area contributed by atoms with Gasteiger partial charge in [-0.3, -0.25) is 14.6 Å². The van der Waals surface area contributed by atoms with Crippen LogP contribution in [0.2, 0.25) is 0 Å². The molecular formula is C19H21N3O3. The highest BCUT2D eigenvalue weighted by Gasteiger charge is 2.23. The first-order valence-corrected chi connectivity index (χ1v) is 8.37. The van der Waals surface area contributed by atoms with Gasteiger partial charge in [0, 0.05) is 30.3 Å². The highest BCUT2D eigenvalue weighted by Crippen LogP contribution is 2.17. The summed E-state index contributed by atoms with van der Waals surface area (Å²) in [5.74, 6) is -0.363. The molecule has 25 heavy (non-hydrogen) atoms. The molecule has 0 spiro atoms. The van der Waals surface area contributed by atoms with Gasteiger partial charge in [-0.25, -0.2) is 0 Å². The third-order valence-corrected chi connectivity index (χ3v) is 4.17. The Labute approximate surface area is 146 Å². The van der Waals surface area contributed by atoms with E-state index in [2.05, 4.69) is 15.6 Å². The smallest absolute Gasteiger partial charge is 0.253 e. The van der Waals surface area contributed by atoms with Crippen LogP contribution in [0.5, 0.6) is 0 Å². The molecule has 2 atom stereocenters. The first kappa shape index (κ1) is 17.1. The molecule has 130 valence electrons. The molecule has 1 saturated heterocycles. The molecule has 1 aliphatic rings. The Kier molecular flexibility index (Phi) is 5.40. The number of hydrogen-bond acceptors (Lipinski definition) is 4. The van der Waals surface area contributed by atoms with Gasteiger partial charge in [0.25, 0.3) is 11.8 Å². The van der Waals surface area contributed by atoms with Gasteiger partial charge >= 0.3 is 0 Å². The summed E-state index contributed by atoms with van der Waals surface area (Å²) in [5.41, 5.74) is 2.06. The summed E-state index contributed by atoms with van der Waals surface area (Å²) in [6.07, 6.45) is 4.62. The van der Waals surface area contributed by atoms with Crippen LogP contribution >= 0.6 is 0 Å². The van der Waals surface area contributed by atoms with Gasteiger partial charge in [-0.1, -0.05) is 6.07 Å². The minimum absolute atomic E-state index is 0.138. The summed E-state index contributed by atoms with van der Waals surface area (Å²) in [5, 5.41) is 5.76. The third-order valence-electron chi connectivity index (χ3n) is 4.17. The Bertz CT molecular complexity index is 743. The number of ether oxygens (including phenoxy) is 1. The van der Waals surface area contributed by atoms with Crippen LogP contribution in [0.4, 0.5) is 5.69 Å². The molecule has 6 heteroatoms. The average molecular weight is 339 g/mol. The van der Waals surface area contributed by atoms with Crippen LogP contribution in [0.1, 0.15) is 41.7 Å². The van der Waals surface area contributed by atoms with E-state index in [9.17, 15) is 9.59 Å². The fourth-order valence-corrected chi connectivity index (χ4v) is 2.76. The average Bonchev–Trinajstić information content (AvgIpc) is 3.17. The van der Waals surface area contributed by atoms with Crippen molar-refractivity contribution >= 4 is 17.5 Å². The van der Waals surface area contributed by atoms with E-state index in [-0.39, 0.29) is 17.9 Å². The van der Waals surface area contributed by atoms with Crippen LogP contribution in [0.3, 0.4) is 0 Å². The lowest BCUT2D eigenvalue weighted by Gasteiger charge is -2.15. The molecule has 2 N–H and O–H groups in total. The second kappa shape index (κ2) is 7.90. The number of hydrogen-bond donors (Lipinski definition) is 2. The number of benzene rings is 1. The number of aromatic nitrogens is 1. The highest BCUT2D eigenvalue weighted by atomic mass is 16.5. The molecule has 3 rings (SSSR count). The maximum absolute atomic E-state index is 12.5. The number of nitrogens with zero attached hydrogens (tertiary/aromatic N) is 1. The van der Waals surface area contributed by atoms with Gasteiger partial charge in [-0.2, -0.15) is 0 Å². The molecule has 6 nitrogen and oxygen atoms in total. The summed E-state index contributed by atoms with van der Waals surface area (Å²) in [6, 6.07) is 10.5. The summed E-state index contributed by atoms with van der Waals surface area (Å²) in [4.78, 5) is 28.5. The fourth-order valence-electron chi connectivity index (χ4n) is 2.76. The maximum Gasteiger partial charge on any atom is 0.253 e. The largest absolute Gasteiger partial charge is 0.368 e. The second-order valence-electron chi connectivity index (χ2n) is 6.05. The number of pyridine rings is 1. The Morgan fingerprint density at radius 2 is 2.04 bits per heavy atom. The van der Waals surface area contributed by atoms with Gasteiger partial charge in [-0.15, -0.1) is 0 Å². The standard InChI is InChI=1S/C19H21N3O3/c1-13(14-7-9-20-10-8-14)21-18(23)15-4-2-5-16(12-15)22-19(24)17-6-3-11-25-17/h2,4-5,7-10,12-13,17H,3,6,11H2,1H3,(H,21,23)(H,22,24). The minimum atomic E-state index is -0.399. The summed E-state index contributed by atoms with van der Waals surface area (Å²) in [7, 11) is 0. The number of carbonyl (C=O) groups is 2. The van der Waals surface area contributed by atoms with E-state index in [4.69, 9.17) is 4.74 Å². The van der Waals surface area contributed by atoms with Gasteiger partial charge < -0.3 is 15.4 Å². The van der Waals surface area contributed by atoms with Crippen LogP contribution in [0.25, 0.3) is 0 Å². The predicted octanol–water partition coefficient (Wildman–Crippen LogP) is 2.69. The lowest BCUT2D eigenvalue weighted by atomic mass is 10.1. The molecule has 0 aliphatic carbocycles. The van der Waals surface area contributed by atoms with Crippen molar-refractivity contribution in [1.29, 1.82) is 0 Å². The van der Waals surface area contributed by atoms with Crippen molar-refractivity contribution in [1.82, 2.24) is 10.3 Å². The van der Waals surface area contributed by atoms with Gasteiger partial charge in [0.1, 0.15) is 6.10 Å². The molecule has 2 aromatic rings. The van der Waals surface area contributed by atoms with E-state index in [1.165, 1.54) is 0 Å². The van der Waals surface area contributed by atoms with Crippen molar-refractivity contribution in [3.8, 4) is 0 Å². The quantitative estimate of drug-likeness (QED) is 0.878. The van der Waals surface area contributed by atoms with E-state index in [0.29, 0.717) is 17.9 Å². The monoisotopic (exact) mass is 339 g/mol. The molecule has 2 amide bonds. The number of rotatable bonds is 5. The van der Waals surface area contributed by atoms with E-state index in [1.807, 2.05) is 19.1 Å². The third kappa shape index (κ3) is 4.42. The summed E-state index contributed by atoms with van der Waals surface area (Å²) < 4.78 is 5.37. The molecule has 1 fully saturated rings. The topological polar surface area (TPSA) is 80.3 Å². The molecule has 2 heterocycles. The predicted molar refractivity (Wildman–Crippen MR) is 94.2 cm³/mol. The van der Waals surface area contributed by atoms with Crippen LogP contribution in [-0.2, 0) is 9.53 Å². The maximum atomic E-state index is 12.5. The molecule has 1 aromatic heterocycles. The van der Waals surface area contributed by atoms with Gasteiger partial charge in [0.15, 0.2) is 0 Å². The molecular weight excluding hydrogens is 318 g/mol. The van der Waals surface area contributed by atoms with Gasteiger partial charge in [0.2, 0.25) is 0 Å². The summed E-state index contributed by atoms with van der Waals surface area (Å²) >= 11 is 0. The van der Waals surface area contributed by atoms with Crippen LogP contribution in [0, 0.1) is 0 Å². The van der Waals surface area contributed by atoms with Crippen LogP contribution in [0.15, 0.2) is 48.8 Å². The Balaban J connectivity index is 1.64. The van der Waals surface area contributed by atoms with Crippen LogP contribution < -0.4 is 10.6 Å². The normalized spacial score (nSPS) is 17.7. The SMILES string of the molecule is CC(NC(=O)c1cccc(NC(=O)C2CCCO2)c1)c1ccncc1. The van der Waals surface area contributed by atoms with Gasteiger partial charge in [0.05, 0.1) is 6.04 Å². The molecule has 0 saturated carbocycles. The van der Waals surface area contributed by atoms with Gasteiger partial charge in [-0.05, 0) is 55.7 Å². The number of carbonyl (C=O) groups excluding carboxylic acids is 2. The second-order valence-corrected chi connectivity index (χ2v) is 6.05. The zero-order valence-corrected chi connectivity index (χ0v) is 14.1. The first-order valence-electron chi connectivity index (χ1n) is 8.37. The zero-order chi connectivity index (χ0) is 17.6. The molecule has 1 aliphatic heterocycles. The van der Waals surface area contributed by atoms with Crippen LogP contribution in [-0.4, -0.2) is 29.5 Å². The number of anilines is 1. The lowest BCUT2D eigenvalue weighted by molar-refractivity contribution is -0.124. The van der Waals surface area contributed by atoms with E-state index in [1.54, 1.807) is 36.7 Å². The zero-order valence-electron chi connectivity index (χ0n) is 14.1. The molecule has 2 unspecified atom stereocenters. The van der Waals surface area contributed by atoms with E-state index >= 15 is 0 Å². The van der Waals surface area contributed by atoms with Crippen molar-refractivity contribution in [2.24, 2.45) is 0 Å². The highest BCUT2D eigenvalue weighted by molar-refractivity contribution is 5.98. The Morgan fingerprint density at radius 3 is 2.76 bits per heavy atom. The lowest BCUT2D eigenvalue weighted by Crippen LogP contribution is -2.28. The number of nitrogens with one attached hydrogen (secondary N) is 2. The van der Waals surface area contributed by atoms with Crippen molar-refractivity contribution in [2.75, 3.05) is 11.9 Å². The molecule has 0 radical (unpaired) electrons. The Morgan fingerprint density at radius 1 is 1.24 bits per heavy atom. The minimum Gasteiger partial charge on any atom is -0.368 e. The van der Waals surface area contributed by atoms with Crippen molar-refractivity contribution < 1.29 is 14.3 Å². The van der Waals surface area contributed by atoms with Crippen molar-refractivity contribution in [3.63, 3.8) is 0 Å². The van der Waals surface area contributed by atoms with Crippen molar-refractivity contribution in [3.05, 3.63) is 59.9 Å². The van der Waals surface area contributed by atoms with E-state index in [0.717, 1.165) is 18.4 Å². The first-order chi connectivity index (χ1) is 12.1. The van der Waals surface area contributed by atoms with E-state index < -0.39 is 6.10 Å². The Hall–Kier alpha value is -2.73.